The largest absolute Gasteiger partial charge is 0.472 e. The van der Waals surface area contributed by atoms with E-state index in [-0.39, 0.29) is 5.41 Å². The molecule has 7 aromatic rings. The summed E-state index contributed by atoms with van der Waals surface area (Å²) in [5.41, 5.74) is 10.5. The normalized spacial score (nSPS) is 19.0. The lowest BCUT2D eigenvalue weighted by molar-refractivity contribution is 0.165. The molecule has 0 N–H and O–H groups in total. The topological polar surface area (TPSA) is 12.5 Å². The van der Waals surface area contributed by atoms with E-state index < -0.39 is 5.60 Å². The van der Waals surface area contributed by atoms with Gasteiger partial charge in [-0.05, 0) is 99.6 Å². The van der Waals surface area contributed by atoms with Gasteiger partial charge in [0.2, 0.25) is 0 Å². The molecule has 2 nitrogen and oxygen atoms in total. The summed E-state index contributed by atoms with van der Waals surface area (Å²) in [5.74, 6) is 0.969. The summed E-state index contributed by atoms with van der Waals surface area (Å²) < 4.78 is 7.79. The minimum atomic E-state index is -0.847. The molecule has 0 spiro atoms. The molecule has 1 atom stereocenters. The van der Waals surface area contributed by atoms with Crippen LogP contribution in [0.2, 0.25) is 0 Å². The number of aryl methyl sites for hydroxylation is 1. The zero-order valence-electron chi connectivity index (χ0n) is 29.1. The van der Waals surface area contributed by atoms with Crippen molar-refractivity contribution in [3.05, 3.63) is 161 Å². The van der Waals surface area contributed by atoms with Crippen molar-refractivity contribution in [2.24, 2.45) is 0 Å². The Hall–Kier alpha value is -5.34. The van der Waals surface area contributed by atoms with E-state index in [0.717, 1.165) is 29.8 Å². The third-order valence-corrected chi connectivity index (χ3v) is 11.9. The first-order chi connectivity index (χ1) is 24.4. The molecule has 3 aliphatic rings. The molecule has 244 valence electrons. The quantitative estimate of drug-likeness (QED) is 0.177. The van der Waals surface area contributed by atoms with Gasteiger partial charge in [-0.2, -0.15) is 0 Å². The summed E-state index contributed by atoms with van der Waals surface area (Å²) in [6.07, 6.45) is 8.60. The van der Waals surface area contributed by atoms with Crippen LogP contribution in [0.3, 0.4) is 0 Å². The predicted octanol–water partition coefficient (Wildman–Crippen LogP) is 12.1. The minimum absolute atomic E-state index is 0.176. The van der Waals surface area contributed by atoms with Gasteiger partial charge in [0.25, 0.3) is 0 Å². The van der Waals surface area contributed by atoms with Crippen LogP contribution in [0.15, 0.2) is 127 Å². The number of hydrogen-bond donors (Lipinski definition) is 0. The first-order valence-electron chi connectivity index (χ1n) is 18.3. The van der Waals surface area contributed by atoms with Gasteiger partial charge in [0.1, 0.15) is 5.75 Å². The minimum Gasteiger partial charge on any atom is -0.472 e. The molecule has 0 bridgehead atoms. The summed E-state index contributed by atoms with van der Waals surface area (Å²) in [6, 6.07) is 45.2. The van der Waals surface area contributed by atoms with Crippen molar-refractivity contribution >= 4 is 44.1 Å². The fourth-order valence-corrected chi connectivity index (χ4v) is 9.44. The van der Waals surface area contributed by atoms with Crippen LogP contribution < -0.4 is 9.64 Å². The maximum absolute atomic E-state index is 7.79. The molecule has 0 radical (unpaired) electrons. The number of nitrogens with zero attached hydrogens (tertiary/aromatic N) is 1. The first kappa shape index (κ1) is 29.6. The molecule has 50 heavy (non-hydrogen) atoms. The van der Waals surface area contributed by atoms with E-state index in [9.17, 15) is 0 Å². The molecule has 0 saturated carbocycles. The number of piperidine rings is 1. The molecule has 2 heteroatoms. The molecule has 0 aromatic heterocycles. The second-order valence-corrected chi connectivity index (χ2v) is 15.2. The van der Waals surface area contributed by atoms with Crippen LogP contribution in [0.25, 0.3) is 49.5 Å². The Kier molecular flexibility index (Phi) is 6.40. The summed E-state index contributed by atoms with van der Waals surface area (Å²) in [7, 11) is 0. The summed E-state index contributed by atoms with van der Waals surface area (Å²) in [5, 5.41) is 7.37. The van der Waals surface area contributed by atoms with Gasteiger partial charge >= 0.3 is 0 Å². The van der Waals surface area contributed by atoms with Crippen LogP contribution in [0.4, 0.5) is 5.69 Å². The Morgan fingerprint density at radius 1 is 0.620 bits per heavy atom. The molecular weight excluding hydrogens is 607 g/mol. The van der Waals surface area contributed by atoms with E-state index in [2.05, 4.69) is 159 Å². The highest BCUT2D eigenvalue weighted by Gasteiger charge is 2.45. The van der Waals surface area contributed by atoms with Crippen LogP contribution in [0.1, 0.15) is 66.5 Å². The van der Waals surface area contributed by atoms with Gasteiger partial charge < -0.3 is 9.64 Å². The van der Waals surface area contributed by atoms with Gasteiger partial charge in [-0.25, -0.2) is 0 Å². The number of ether oxygens (including phenoxy) is 1. The second kappa shape index (κ2) is 10.8. The molecular formula is C48H41NO. The maximum atomic E-state index is 7.79. The monoisotopic (exact) mass is 647 g/mol. The number of fused-ring (bicyclic) bond motifs is 11. The van der Waals surface area contributed by atoms with E-state index >= 15 is 0 Å². The van der Waals surface area contributed by atoms with Crippen molar-refractivity contribution in [1.29, 1.82) is 0 Å². The van der Waals surface area contributed by atoms with Crippen LogP contribution in [0, 0.1) is 6.92 Å². The number of rotatable bonds is 3. The van der Waals surface area contributed by atoms with Crippen molar-refractivity contribution in [2.45, 2.75) is 51.0 Å². The van der Waals surface area contributed by atoms with Gasteiger partial charge in [-0.15, -0.1) is 0 Å². The Balaban J connectivity index is 1.26. The third-order valence-electron chi connectivity index (χ3n) is 11.9. The predicted molar refractivity (Wildman–Crippen MR) is 211 cm³/mol. The van der Waals surface area contributed by atoms with Crippen molar-refractivity contribution in [2.75, 3.05) is 18.0 Å². The van der Waals surface area contributed by atoms with Crippen LogP contribution in [0.5, 0.6) is 5.75 Å². The highest BCUT2D eigenvalue weighted by Crippen LogP contribution is 2.58. The van der Waals surface area contributed by atoms with Crippen molar-refractivity contribution in [3.63, 3.8) is 0 Å². The highest BCUT2D eigenvalue weighted by atomic mass is 16.5. The average molecular weight is 648 g/mol. The molecule has 2 heterocycles. The highest BCUT2D eigenvalue weighted by molar-refractivity contribution is 6.11. The van der Waals surface area contributed by atoms with Crippen LogP contribution in [-0.4, -0.2) is 13.1 Å². The lowest BCUT2D eigenvalue weighted by Gasteiger charge is -2.39. The van der Waals surface area contributed by atoms with Gasteiger partial charge in [0.05, 0.1) is 0 Å². The van der Waals surface area contributed by atoms with E-state index in [1.807, 2.05) is 0 Å². The van der Waals surface area contributed by atoms with Gasteiger partial charge in [-0.3, -0.25) is 0 Å². The number of anilines is 1. The Labute approximate surface area is 294 Å². The molecule has 1 aliphatic carbocycles. The average Bonchev–Trinajstić information content (AvgIpc) is 3.40. The van der Waals surface area contributed by atoms with Crippen LogP contribution >= 0.6 is 0 Å². The summed E-state index contributed by atoms with van der Waals surface area (Å²) in [6.45, 7) is 9.22. The fraction of sp³-hybridized carbons (Fsp3) is 0.208. The zero-order chi connectivity index (χ0) is 33.6. The SMILES string of the molecule is Cc1ccc2c(c1)C(C)(C)c1c3c(c4ccccc4c1-2)OC(c1ccc(N2CCCCC2)cc1)(c1cc2ccccc2c2ccccc12)C=C3. The van der Waals surface area contributed by atoms with Gasteiger partial charge in [-0.1, -0.05) is 129 Å². The van der Waals surface area contributed by atoms with Gasteiger partial charge in [0.15, 0.2) is 5.60 Å². The Bertz CT molecular complexity index is 2530. The molecule has 1 unspecified atom stereocenters. The Morgan fingerprint density at radius 3 is 2.08 bits per heavy atom. The van der Waals surface area contributed by atoms with Crippen molar-refractivity contribution in [3.8, 4) is 16.9 Å². The lowest BCUT2D eigenvalue weighted by Crippen LogP contribution is -2.35. The zero-order valence-corrected chi connectivity index (χ0v) is 29.1. The van der Waals surface area contributed by atoms with Crippen molar-refractivity contribution < 1.29 is 4.74 Å². The van der Waals surface area contributed by atoms with E-state index in [1.54, 1.807) is 0 Å². The number of hydrogen-bond acceptors (Lipinski definition) is 2. The second-order valence-electron chi connectivity index (χ2n) is 15.2. The van der Waals surface area contributed by atoms with Crippen molar-refractivity contribution in [1.82, 2.24) is 0 Å². The molecule has 7 aromatic carbocycles. The first-order valence-corrected chi connectivity index (χ1v) is 18.3. The molecule has 0 amide bonds. The van der Waals surface area contributed by atoms with E-state index in [0.29, 0.717) is 0 Å². The number of benzene rings is 7. The maximum Gasteiger partial charge on any atom is 0.178 e. The molecule has 1 saturated heterocycles. The van der Waals surface area contributed by atoms with E-state index in [1.165, 1.54) is 90.8 Å². The van der Waals surface area contributed by atoms with Gasteiger partial charge in [0, 0.05) is 46.3 Å². The lowest BCUT2D eigenvalue weighted by atomic mass is 9.76. The molecule has 10 rings (SSSR count). The fourth-order valence-electron chi connectivity index (χ4n) is 9.44. The molecule has 1 fully saturated rings. The standard InChI is InChI=1S/C48H41NO/c1-31-19-24-40-42(29-31)47(2,3)45-41-25-26-48(50-46(41)39-18-10-9-17-38(39)44(40)45,33-20-22-34(23-21-33)49-27-11-4-12-28-49)43-30-32-13-5-6-14-35(32)36-15-7-8-16-37(36)43/h5-10,13-26,29-30H,4,11-12,27-28H2,1-3H3. The van der Waals surface area contributed by atoms with Crippen LogP contribution in [-0.2, 0) is 11.0 Å². The van der Waals surface area contributed by atoms with E-state index in [4.69, 9.17) is 4.74 Å². The summed E-state index contributed by atoms with van der Waals surface area (Å²) >= 11 is 0. The summed E-state index contributed by atoms with van der Waals surface area (Å²) in [4.78, 5) is 2.54. The smallest absolute Gasteiger partial charge is 0.178 e. The Morgan fingerprint density at radius 2 is 1.30 bits per heavy atom. The third kappa shape index (κ3) is 4.14. The molecule has 2 aliphatic heterocycles.